The van der Waals surface area contributed by atoms with Crippen LogP contribution in [0.4, 0.5) is 5.82 Å². The predicted octanol–water partition coefficient (Wildman–Crippen LogP) is 2.21. The number of hydrogen-bond acceptors (Lipinski definition) is 4. The van der Waals surface area contributed by atoms with Crippen molar-refractivity contribution in [1.29, 1.82) is 5.26 Å². The standard InChI is InChI=1S/C13H15N5/c1-10(11(2)18-8-4-7-16-18)17-13-12(9-14)5-3-6-15-13/h3-8,10-11H,1-2H3,(H,15,17)/t10-,11+/m1/s1. The molecule has 2 rings (SSSR count). The van der Waals surface area contributed by atoms with E-state index < -0.39 is 0 Å². The molecule has 0 aliphatic heterocycles. The van der Waals surface area contributed by atoms with E-state index in [0.717, 1.165) is 0 Å². The first-order chi connectivity index (χ1) is 8.72. The molecule has 0 aliphatic carbocycles. The summed E-state index contributed by atoms with van der Waals surface area (Å²) in [7, 11) is 0. The summed E-state index contributed by atoms with van der Waals surface area (Å²) in [5, 5.41) is 16.5. The molecule has 0 aromatic carbocycles. The Balaban J connectivity index is 2.12. The van der Waals surface area contributed by atoms with Crippen LogP contribution in [0.5, 0.6) is 0 Å². The molecule has 2 aromatic heterocycles. The maximum atomic E-state index is 9.01. The lowest BCUT2D eigenvalue weighted by molar-refractivity contribution is 0.443. The van der Waals surface area contributed by atoms with Crippen LogP contribution in [0, 0.1) is 11.3 Å². The van der Waals surface area contributed by atoms with E-state index in [0.29, 0.717) is 11.4 Å². The number of pyridine rings is 1. The number of hydrogen-bond donors (Lipinski definition) is 1. The fourth-order valence-corrected chi connectivity index (χ4v) is 1.70. The number of anilines is 1. The maximum absolute atomic E-state index is 9.01. The Kier molecular flexibility index (Phi) is 3.58. The Morgan fingerprint density at radius 3 is 2.83 bits per heavy atom. The molecule has 1 N–H and O–H groups in total. The van der Waals surface area contributed by atoms with Gasteiger partial charge in [-0.3, -0.25) is 4.68 Å². The molecule has 5 heteroatoms. The van der Waals surface area contributed by atoms with E-state index in [4.69, 9.17) is 5.26 Å². The summed E-state index contributed by atoms with van der Waals surface area (Å²) in [6, 6.07) is 7.82. The van der Waals surface area contributed by atoms with Crippen molar-refractivity contribution < 1.29 is 0 Å². The molecular weight excluding hydrogens is 226 g/mol. The molecule has 0 bridgehead atoms. The molecule has 0 saturated carbocycles. The fourth-order valence-electron chi connectivity index (χ4n) is 1.70. The molecule has 18 heavy (non-hydrogen) atoms. The summed E-state index contributed by atoms with van der Waals surface area (Å²) < 4.78 is 1.88. The van der Waals surface area contributed by atoms with Gasteiger partial charge in [0.15, 0.2) is 0 Å². The largest absolute Gasteiger partial charge is 0.364 e. The van der Waals surface area contributed by atoms with Gasteiger partial charge < -0.3 is 5.32 Å². The highest BCUT2D eigenvalue weighted by molar-refractivity contribution is 5.51. The van der Waals surface area contributed by atoms with Gasteiger partial charge in [0, 0.05) is 24.6 Å². The molecule has 0 amide bonds. The number of nitrogens with zero attached hydrogens (tertiary/aromatic N) is 4. The van der Waals surface area contributed by atoms with E-state index in [1.807, 2.05) is 23.9 Å². The summed E-state index contributed by atoms with van der Waals surface area (Å²) in [5.74, 6) is 0.617. The first-order valence-corrected chi connectivity index (χ1v) is 5.83. The van der Waals surface area contributed by atoms with E-state index in [-0.39, 0.29) is 12.1 Å². The van der Waals surface area contributed by atoms with Crippen LogP contribution in [0.1, 0.15) is 25.5 Å². The first-order valence-electron chi connectivity index (χ1n) is 5.83. The Bertz CT molecular complexity index is 541. The van der Waals surface area contributed by atoms with E-state index in [2.05, 4.69) is 28.4 Å². The van der Waals surface area contributed by atoms with Crippen LogP contribution >= 0.6 is 0 Å². The zero-order valence-electron chi connectivity index (χ0n) is 10.4. The van der Waals surface area contributed by atoms with Gasteiger partial charge in [0.05, 0.1) is 11.6 Å². The third-order valence-electron chi connectivity index (χ3n) is 2.96. The number of nitriles is 1. The number of rotatable bonds is 4. The molecule has 0 unspecified atom stereocenters. The quantitative estimate of drug-likeness (QED) is 0.891. The Morgan fingerprint density at radius 2 is 2.17 bits per heavy atom. The average molecular weight is 241 g/mol. The second-order valence-electron chi connectivity index (χ2n) is 4.17. The molecule has 2 atom stereocenters. The van der Waals surface area contributed by atoms with E-state index in [1.165, 1.54) is 0 Å². The minimum Gasteiger partial charge on any atom is -0.364 e. The zero-order valence-corrected chi connectivity index (χ0v) is 10.4. The minimum atomic E-state index is 0.117. The second kappa shape index (κ2) is 5.32. The van der Waals surface area contributed by atoms with Gasteiger partial charge in [0.2, 0.25) is 0 Å². The third-order valence-corrected chi connectivity index (χ3v) is 2.96. The van der Waals surface area contributed by atoms with E-state index in [9.17, 15) is 0 Å². The highest BCUT2D eigenvalue weighted by Crippen LogP contribution is 2.16. The Morgan fingerprint density at radius 1 is 1.33 bits per heavy atom. The second-order valence-corrected chi connectivity index (χ2v) is 4.17. The topological polar surface area (TPSA) is 66.5 Å². The van der Waals surface area contributed by atoms with Gasteiger partial charge in [-0.15, -0.1) is 0 Å². The van der Waals surface area contributed by atoms with Gasteiger partial charge in [0.25, 0.3) is 0 Å². The molecule has 2 aromatic rings. The first kappa shape index (κ1) is 12.1. The van der Waals surface area contributed by atoms with E-state index in [1.54, 1.807) is 24.5 Å². The van der Waals surface area contributed by atoms with Gasteiger partial charge in [-0.25, -0.2) is 4.98 Å². The van der Waals surface area contributed by atoms with Crippen molar-refractivity contribution in [3.63, 3.8) is 0 Å². The zero-order chi connectivity index (χ0) is 13.0. The summed E-state index contributed by atoms with van der Waals surface area (Å²) in [6.45, 7) is 4.11. The van der Waals surface area contributed by atoms with Gasteiger partial charge in [-0.05, 0) is 32.0 Å². The molecule has 2 heterocycles. The lowest BCUT2D eigenvalue weighted by Crippen LogP contribution is -2.27. The van der Waals surface area contributed by atoms with Crippen LogP contribution in [0.3, 0.4) is 0 Å². The van der Waals surface area contributed by atoms with Gasteiger partial charge in [-0.1, -0.05) is 0 Å². The van der Waals surface area contributed by atoms with E-state index >= 15 is 0 Å². The fraction of sp³-hybridized carbons (Fsp3) is 0.308. The maximum Gasteiger partial charge on any atom is 0.144 e. The van der Waals surface area contributed by atoms with Crippen LogP contribution in [0.2, 0.25) is 0 Å². The van der Waals surface area contributed by atoms with Crippen molar-refractivity contribution in [2.45, 2.75) is 25.9 Å². The SMILES string of the molecule is C[C@@H](Nc1ncccc1C#N)[C@H](C)n1cccn1. The van der Waals surface area contributed by atoms with Crippen molar-refractivity contribution in [3.05, 3.63) is 42.4 Å². The summed E-state index contributed by atoms with van der Waals surface area (Å²) >= 11 is 0. The number of aromatic nitrogens is 3. The Labute approximate surface area is 106 Å². The number of nitrogens with one attached hydrogen (secondary N) is 1. The molecule has 0 saturated heterocycles. The van der Waals surface area contributed by atoms with Crippen molar-refractivity contribution in [1.82, 2.24) is 14.8 Å². The summed E-state index contributed by atoms with van der Waals surface area (Å²) in [4.78, 5) is 4.19. The Hall–Kier alpha value is -2.35. The van der Waals surface area contributed by atoms with Crippen LogP contribution in [-0.2, 0) is 0 Å². The minimum absolute atomic E-state index is 0.117. The molecule has 5 nitrogen and oxygen atoms in total. The van der Waals surface area contributed by atoms with Crippen LogP contribution in [-0.4, -0.2) is 20.8 Å². The van der Waals surface area contributed by atoms with Crippen molar-refractivity contribution in [2.75, 3.05) is 5.32 Å². The van der Waals surface area contributed by atoms with Crippen LogP contribution < -0.4 is 5.32 Å². The van der Waals surface area contributed by atoms with Crippen molar-refractivity contribution in [2.24, 2.45) is 0 Å². The molecule has 0 aliphatic rings. The monoisotopic (exact) mass is 241 g/mol. The van der Waals surface area contributed by atoms with Gasteiger partial charge >= 0.3 is 0 Å². The van der Waals surface area contributed by atoms with Crippen molar-refractivity contribution >= 4 is 5.82 Å². The summed E-state index contributed by atoms with van der Waals surface area (Å²) in [6.07, 6.45) is 5.35. The van der Waals surface area contributed by atoms with Gasteiger partial charge in [-0.2, -0.15) is 10.4 Å². The van der Waals surface area contributed by atoms with Gasteiger partial charge in [0.1, 0.15) is 11.9 Å². The molecule has 0 radical (unpaired) electrons. The molecule has 0 spiro atoms. The van der Waals surface area contributed by atoms with Crippen LogP contribution in [0.25, 0.3) is 0 Å². The molecule has 0 fully saturated rings. The molecule has 92 valence electrons. The smallest absolute Gasteiger partial charge is 0.144 e. The highest BCUT2D eigenvalue weighted by atomic mass is 15.3. The molecular formula is C13H15N5. The normalized spacial score (nSPS) is 13.6. The average Bonchev–Trinajstić information content (AvgIpc) is 2.92. The lowest BCUT2D eigenvalue weighted by atomic mass is 10.1. The van der Waals surface area contributed by atoms with Crippen molar-refractivity contribution in [3.8, 4) is 6.07 Å². The predicted molar refractivity (Wildman–Crippen MR) is 69.0 cm³/mol. The van der Waals surface area contributed by atoms with Crippen LogP contribution in [0.15, 0.2) is 36.8 Å². The lowest BCUT2D eigenvalue weighted by Gasteiger charge is -2.22. The third kappa shape index (κ3) is 2.48. The highest BCUT2D eigenvalue weighted by Gasteiger charge is 2.15. The summed E-state index contributed by atoms with van der Waals surface area (Å²) in [5.41, 5.74) is 0.553.